The number of carbonyl (C=O) groups excluding carboxylic acids is 2. The molecule has 0 spiro atoms. The lowest BCUT2D eigenvalue weighted by Gasteiger charge is -2.38. The summed E-state index contributed by atoms with van der Waals surface area (Å²) < 4.78 is 10.8. The first-order chi connectivity index (χ1) is 17.5. The molecular weight excluding hydrogens is 519 g/mol. The van der Waals surface area contributed by atoms with E-state index < -0.39 is 0 Å². The topological polar surface area (TPSA) is 59.1 Å². The highest BCUT2D eigenvalue weighted by atomic mass is 35.5. The summed E-state index contributed by atoms with van der Waals surface area (Å²) in [6, 6.07) is 16.7. The summed E-state index contributed by atoms with van der Waals surface area (Å²) in [7, 11) is 1.57. The van der Waals surface area contributed by atoms with Crippen LogP contribution >= 0.6 is 34.5 Å². The second kappa shape index (κ2) is 12.7. The molecule has 0 saturated heterocycles. The monoisotopic (exact) mass is 546 g/mol. The highest BCUT2D eigenvalue weighted by molar-refractivity contribution is 7.10. The predicted octanol–water partition coefficient (Wildman–Crippen LogP) is 5.22. The normalized spacial score (nSPS) is 15.0. The second-order valence-electron chi connectivity index (χ2n) is 8.49. The van der Waals surface area contributed by atoms with E-state index in [-0.39, 0.29) is 31.0 Å². The fourth-order valence-electron chi connectivity index (χ4n) is 4.31. The number of ether oxygens (including phenoxy) is 2. The van der Waals surface area contributed by atoms with Crippen molar-refractivity contribution in [2.75, 3.05) is 40.0 Å². The fraction of sp³-hybridized carbons (Fsp3) is 0.333. The average Bonchev–Trinajstić information content (AvgIpc) is 3.36. The van der Waals surface area contributed by atoms with Crippen molar-refractivity contribution in [1.82, 2.24) is 9.80 Å². The lowest BCUT2D eigenvalue weighted by Crippen LogP contribution is -2.48. The fourth-order valence-corrected chi connectivity index (χ4v) is 5.73. The van der Waals surface area contributed by atoms with Crippen LogP contribution in [0.1, 0.15) is 27.6 Å². The first-order valence-electron chi connectivity index (χ1n) is 11.7. The molecule has 2 heterocycles. The van der Waals surface area contributed by atoms with E-state index in [1.165, 1.54) is 9.78 Å². The number of halogens is 2. The van der Waals surface area contributed by atoms with E-state index in [2.05, 4.69) is 0 Å². The Morgan fingerprint density at radius 2 is 1.92 bits per heavy atom. The van der Waals surface area contributed by atoms with Crippen molar-refractivity contribution >= 4 is 46.4 Å². The molecular formula is C27H28Cl2N2O4S. The smallest absolute Gasteiger partial charge is 0.249 e. The molecule has 9 heteroatoms. The Morgan fingerprint density at radius 1 is 1.11 bits per heavy atom. The van der Waals surface area contributed by atoms with Gasteiger partial charge in [0.05, 0.1) is 25.8 Å². The highest BCUT2D eigenvalue weighted by Gasteiger charge is 2.35. The summed E-state index contributed by atoms with van der Waals surface area (Å²) in [6.45, 7) is 1.28. The van der Waals surface area contributed by atoms with E-state index in [9.17, 15) is 9.59 Å². The van der Waals surface area contributed by atoms with Crippen molar-refractivity contribution in [2.24, 2.45) is 0 Å². The van der Waals surface area contributed by atoms with Crippen LogP contribution in [0.4, 0.5) is 0 Å². The Labute approximate surface area is 225 Å². The number of thiophene rings is 1. The van der Waals surface area contributed by atoms with Gasteiger partial charge < -0.3 is 19.3 Å². The standard InChI is InChI=1S/C27H28Cl2N2O4S/c1-34-13-12-30(26(33)18-35-17-19-5-3-2-4-6-19)16-25(32)31-11-9-24-22(10-14-36-24)27(31)21-8-7-20(28)15-23(21)29/h2-8,10,14-15,27H,9,11-13,16-18H2,1H3. The van der Waals surface area contributed by atoms with E-state index in [1.807, 2.05) is 52.7 Å². The number of methoxy groups -OCH3 is 1. The number of nitrogens with zero attached hydrogens (tertiary/aromatic N) is 2. The molecule has 0 radical (unpaired) electrons. The third-order valence-electron chi connectivity index (χ3n) is 6.12. The number of amides is 2. The number of hydrogen-bond donors (Lipinski definition) is 0. The van der Waals surface area contributed by atoms with E-state index in [0.717, 1.165) is 23.1 Å². The van der Waals surface area contributed by atoms with Crippen molar-refractivity contribution < 1.29 is 19.1 Å². The maximum absolute atomic E-state index is 13.6. The van der Waals surface area contributed by atoms with Crippen LogP contribution in [0.15, 0.2) is 60.0 Å². The van der Waals surface area contributed by atoms with Crippen molar-refractivity contribution in [3.05, 3.63) is 91.6 Å². The summed E-state index contributed by atoms with van der Waals surface area (Å²) >= 11 is 14.4. The van der Waals surface area contributed by atoms with Crippen LogP contribution in [-0.4, -0.2) is 61.6 Å². The van der Waals surface area contributed by atoms with Crippen LogP contribution in [0.5, 0.6) is 0 Å². The van der Waals surface area contributed by atoms with Crippen LogP contribution in [0.25, 0.3) is 0 Å². The van der Waals surface area contributed by atoms with Gasteiger partial charge in [0.25, 0.3) is 0 Å². The molecule has 1 aliphatic heterocycles. The van der Waals surface area contributed by atoms with Gasteiger partial charge in [-0.3, -0.25) is 9.59 Å². The predicted molar refractivity (Wildman–Crippen MR) is 143 cm³/mol. The molecule has 1 unspecified atom stereocenters. The van der Waals surface area contributed by atoms with Gasteiger partial charge in [0.15, 0.2) is 0 Å². The van der Waals surface area contributed by atoms with Crippen LogP contribution in [0.3, 0.4) is 0 Å². The molecule has 0 fully saturated rings. The van der Waals surface area contributed by atoms with Crippen molar-refractivity contribution in [1.29, 1.82) is 0 Å². The van der Waals surface area contributed by atoms with Gasteiger partial charge in [0.1, 0.15) is 6.61 Å². The molecule has 2 aromatic carbocycles. The van der Waals surface area contributed by atoms with Gasteiger partial charge in [-0.25, -0.2) is 0 Å². The van der Waals surface area contributed by atoms with Gasteiger partial charge in [-0.2, -0.15) is 0 Å². The zero-order chi connectivity index (χ0) is 25.5. The van der Waals surface area contributed by atoms with Gasteiger partial charge in [-0.1, -0.05) is 59.6 Å². The van der Waals surface area contributed by atoms with Crippen LogP contribution < -0.4 is 0 Å². The van der Waals surface area contributed by atoms with Gasteiger partial charge in [0, 0.05) is 35.1 Å². The van der Waals surface area contributed by atoms with Crippen molar-refractivity contribution in [3.8, 4) is 0 Å². The van der Waals surface area contributed by atoms with Crippen molar-refractivity contribution in [3.63, 3.8) is 0 Å². The molecule has 6 nitrogen and oxygen atoms in total. The summed E-state index contributed by atoms with van der Waals surface area (Å²) in [4.78, 5) is 31.2. The SMILES string of the molecule is COCCN(CC(=O)N1CCc2sccc2C1c1ccc(Cl)cc1Cl)C(=O)COCc1ccccc1. The molecule has 0 bridgehead atoms. The Balaban J connectivity index is 1.49. The third-order valence-corrected chi connectivity index (χ3v) is 7.68. The number of rotatable bonds is 10. The molecule has 1 aromatic heterocycles. The zero-order valence-corrected chi connectivity index (χ0v) is 22.3. The number of hydrogen-bond acceptors (Lipinski definition) is 5. The Bertz CT molecular complexity index is 1190. The molecule has 0 saturated carbocycles. The molecule has 36 heavy (non-hydrogen) atoms. The Hall–Kier alpha value is -2.42. The van der Waals surface area contributed by atoms with E-state index in [0.29, 0.717) is 36.3 Å². The summed E-state index contributed by atoms with van der Waals surface area (Å²) in [5.74, 6) is -0.416. The highest BCUT2D eigenvalue weighted by Crippen LogP contribution is 2.41. The number of fused-ring (bicyclic) bond motifs is 1. The quantitative estimate of drug-likeness (QED) is 0.349. The first-order valence-corrected chi connectivity index (χ1v) is 13.3. The summed E-state index contributed by atoms with van der Waals surface area (Å²) in [5, 5.41) is 3.08. The average molecular weight is 548 g/mol. The lowest BCUT2D eigenvalue weighted by molar-refractivity contribution is -0.145. The molecule has 190 valence electrons. The molecule has 2 amide bonds. The molecule has 0 aliphatic carbocycles. The van der Waals surface area contributed by atoms with E-state index >= 15 is 0 Å². The summed E-state index contributed by atoms with van der Waals surface area (Å²) in [6.07, 6.45) is 0.757. The maximum Gasteiger partial charge on any atom is 0.249 e. The molecule has 4 rings (SSSR count). The molecule has 1 aliphatic rings. The minimum atomic E-state index is -0.342. The van der Waals surface area contributed by atoms with Crippen LogP contribution in [-0.2, 0) is 32.1 Å². The zero-order valence-electron chi connectivity index (χ0n) is 20.0. The third kappa shape index (κ3) is 6.47. The largest absolute Gasteiger partial charge is 0.383 e. The van der Waals surface area contributed by atoms with E-state index in [4.69, 9.17) is 32.7 Å². The Kier molecular flexibility index (Phi) is 9.40. The number of benzene rings is 2. The second-order valence-corrected chi connectivity index (χ2v) is 10.3. The summed E-state index contributed by atoms with van der Waals surface area (Å²) in [5.41, 5.74) is 2.85. The van der Waals surface area contributed by atoms with Gasteiger partial charge in [0.2, 0.25) is 11.8 Å². The van der Waals surface area contributed by atoms with Crippen LogP contribution in [0, 0.1) is 0 Å². The maximum atomic E-state index is 13.6. The molecule has 1 atom stereocenters. The van der Waals surface area contributed by atoms with Crippen LogP contribution in [0.2, 0.25) is 10.0 Å². The number of carbonyl (C=O) groups is 2. The first kappa shape index (κ1) is 26.6. The molecule has 0 N–H and O–H groups in total. The van der Waals surface area contributed by atoms with Crippen molar-refractivity contribution in [2.45, 2.75) is 19.1 Å². The lowest BCUT2D eigenvalue weighted by atomic mass is 9.93. The Morgan fingerprint density at radius 3 is 2.67 bits per heavy atom. The van der Waals surface area contributed by atoms with E-state index in [1.54, 1.807) is 30.6 Å². The van der Waals surface area contributed by atoms with Gasteiger partial charge >= 0.3 is 0 Å². The molecule has 3 aromatic rings. The minimum Gasteiger partial charge on any atom is -0.383 e. The van der Waals surface area contributed by atoms with Gasteiger partial charge in [-0.05, 0) is 46.7 Å². The van der Waals surface area contributed by atoms with Gasteiger partial charge in [-0.15, -0.1) is 11.3 Å². The minimum absolute atomic E-state index is 0.0714.